The Hall–Kier alpha value is -2.90. The molecule has 7 heteroatoms. The van der Waals surface area contributed by atoms with Crippen molar-refractivity contribution in [3.05, 3.63) is 65.2 Å². The molecule has 0 radical (unpaired) electrons. The lowest BCUT2D eigenvalue weighted by Crippen LogP contribution is -2.36. The van der Waals surface area contributed by atoms with Crippen LogP contribution in [0.25, 0.3) is 0 Å². The topological polar surface area (TPSA) is 79.9 Å². The molecule has 1 aliphatic heterocycles. The van der Waals surface area contributed by atoms with Gasteiger partial charge in [-0.25, -0.2) is 4.79 Å². The summed E-state index contributed by atoms with van der Waals surface area (Å²) in [5.41, 5.74) is 2.68. The van der Waals surface area contributed by atoms with E-state index in [4.69, 9.17) is 9.47 Å². The SMILES string of the molecule is CC(C)(C)OC(=O)Nc1cccc(C(=O)NCc2ccccc2CN2CCOCC2)c1. The van der Waals surface area contributed by atoms with Crippen LogP contribution < -0.4 is 10.6 Å². The van der Waals surface area contributed by atoms with Crippen LogP contribution in [0.2, 0.25) is 0 Å². The van der Waals surface area contributed by atoms with E-state index < -0.39 is 11.7 Å². The first-order valence-corrected chi connectivity index (χ1v) is 10.6. The minimum Gasteiger partial charge on any atom is -0.444 e. The van der Waals surface area contributed by atoms with Crippen LogP contribution in [0, 0.1) is 0 Å². The number of nitrogens with one attached hydrogen (secondary N) is 2. The van der Waals surface area contributed by atoms with Gasteiger partial charge in [0.15, 0.2) is 0 Å². The molecule has 0 saturated carbocycles. The largest absolute Gasteiger partial charge is 0.444 e. The van der Waals surface area contributed by atoms with Crippen molar-refractivity contribution in [2.75, 3.05) is 31.6 Å². The number of hydrogen-bond donors (Lipinski definition) is 2. The molecule has 0 aliphatic carbocycles. The Morgan fingerprint density at radius 2 is 1.74 bits per heavy atom. The van der Waals surface area contributed by atoms with E-state index in [1.54, 1.807) is 45.0 Å². The van der Waals surface area contributed by atoms with Crippen molar-refractivity contribution in [2.45, 2.75) is 39.5 Å². The third-order valence-electron chi connectivity index (χ3n) is 4.83. The second-order valence-electron chi connectivity index (χ2n) is 8.55. The van der Waals surface area contributed by atoms with Crippen molar-refractivity contribution in [3.63, 3.8) is 0 Å². The fourth-order valence-electron chi connectivity index (χ4n) is 3.32. The number of morpholine rings is 1. The van der Waals surface area contributed by atoms with Crippen molar-refractivity contribution in [2.24, 2.45) is 0 Å². The molecule has 7 nitrogen and oxygen atoms in total. The molecule has 0 atom stereocenters. The number of carbonyl (C=O) groups excluding carboxylic acids is 2. The molecule has 1 fully saturated rings. The number of benzene rings is 2. The Bertz CT molecular complexity index is 902. The Morgan fingerprint density at radius 3 is 2.45 bits per heavy atom. The van der Waals surface area contributed by atoms with E-state index in [2.05, 4.69) is 21.6 Å². The summed E-state index contributed by atoms with van der Waals surface area (Å²) in [5.74, 6) is -0.200. The summed E-state index contributed by atoms with van der Waals surface area (Å²) in [6.07, 6.45) is -0.554. The Morgan fingerprint density at radius 1 is 1.03 bits per heavy atom. The molecule has 166 valence electrons. The summed E-state index contributed by atoms with van der Waals surface area (Å²) in [4.78, 5) is 27.0. The van der Waals surface area contributed by atoms with Gasteiger partial charge >= 0.3 is 6.09 Å². The first-order valence-electron chi connectivity index (χ1n) is 10.6. The summed E-state index contributed by atoms with van der Waals surface area (Å²) in [7, 11) is 0. The normalized spacial score (nSPS) is 14.7. The van der Waals surface area contributed by atoms with E-state index in [0.717, 1.165) is 38.4 Å². The van der Waals surface area contributed by atoms with Gasteiger partial charge in [0.1, 0.15) is 5.60 Å². The van der Waals surface area contributed by atoms with Crippen LogP contribution in [0.3, 0.4) is 0 Å². The van der Waals surface area contributed by atoms with E-state index in [0.29, 0.717) is 17.8 Å². The maximum Gasteiger partial charge on any atom is 0.412 e. The predicted octanol–water partition coefficient (Wildman–Crippen LogP) is 3.80. The highest BCUT2D eigenvalue weighted by Gasteiger charge is 2.17. The van der Waals surface area contributed by atoms with Crippen molar-refractivity contribution in [1.29, 1.82) is 0 Å². The third kappa shape index (κ3) is 7.38. The van der Waals surface area contributed by atoms with Crippen LogP contribution in [0.4, 0.5) is 10.5 Å². The van der Waals surface area contributed by atoms with Gasteiger partial charge in [-0.2, -0.15) is 0 Å². The molecule has 0 aromatic heterocycles. The number of nitrogens with zero attached hydrogens (tertiary/aromatic N) is 1. The van der Waals surface area contributed by atoms with E-state index in [9.17, 15) is 9.59 Å². The van der Waals surface area contributed by atoms with Crippen LogP contribution in [0.1, 0.15) is 42.3 Å². The summed E-state index contributed by atoms with van der Waals surface area (Å²) < 4.78 is 10.7. The number of carbonyl (C=O) groups is 2. The van der Waals surface area contributed by atoms with E-state index in [-0.39, 0.29) is 5.91 Å². The van der Waals surface area contributed by atoms with Gasteiger partial charge in [0.2, 0.25) is 0 Å². The highest BCUT2D eigenvalue weighted by atomic mass is 16.6. The van der Waals surface area contributed by atoms with Crippen molar-refractivity contribution in [3.8, 4) is 0 Å². The van der Waals surface area contributed by atoms with E-state index in [1.807, 2.05) is 18.2 Å². The highest BCUT2D eigenvalue weighted by molar-refractivity contribution is 5.96. The van der Waals surface area contributed by atoms with Gasteiger partial charge < -0.3 is 14.8 Å². The summed E-state index contributed by atoms with van der Waals surface area (Å²) in [6, 6.07) is 14.9. The van der Waals surface area contributed by atoms with Gasteiger partial charge in [0.05, 0.1) is 13.2 Å². The third-order valence-corrected chi connectivity index (χ3v) is 4.83. The second kappa shape index (κ2) is 10.4. The molecule has 0 unspecified atom stereocenters. The van der Waals surface area contributed by atoms with Crippen LogP contribution in [0.15, 0.2) is 48.5 Å². The molecule has 0 spiro atoms. The molecular formula is C24H31N3O4. The zero-order chi connectivity index (χ0) is 22.3. The first kappa shape index (κ1) is 22.8. The maximum absolute atomic E-state index is 12.7. The van der Waals surface area contributed by atoms with Gasteiger partial charge in [0, 0.05) is 37.4 Å². The molecule has 3 rings (SSSR count). The molecule has 31 heavy (non-hydrogen) atoms. The van der Waals surface area contributed by atoms with Gasteiger partial charge in [-0.1, -0.05) is 30.3 Å². The zero-order valence-electron chi connectivity index (χ0n) is 18.4. The summed E-state index contributed by atoms with van der Waals surface area (Å²) in [5, 5.41) is 5.65. The van der Waals surface area contributed by atoms with Crippen LogP contribution >= 0.6 is 0 Å². The minimum absolute atomic E-state index is 0.200. The smallest absolute Gasteiger partial charge is 0.412 e. The lowest BCUT2D eigenvalue weighted by atomic mass is 10.1. The molecule has 2 aromatic rings. The molecule has 2 N–H and O–H groups in total. The average molecular weight is 426 g/mol. The van der Waals surface area contributed by atoms with Crippen LogP contribution in [-0.2, 0) is 22.6 Å². The van der Waals surface area contributed by atoms with Crippen LogP contribution in [-0.4, -0.2) is 48.8 Å². The molecule has 0 bridgehead atoms. The van der Waals surface area contributed by atoms with Crippen molar-refractivity contribution >= 4 is 17.7 Å². The summed E-state index contributed by atoms with van der Waals surface area (Å²) >= 11 is 0. The number of rotatable bonds is 6. The maximum atomic E-state index is 12.7. The van der Waals surface area contributed by atoms with E-state index in [1.165, 1.54) is 5.56 Å². The van der Waals surface area contributed by atoms with Crippen LogP contribution in [0.5, 0.6) is 0 Å². The number of anilines is 1. The fourth-order valence-corrected chi connectivity index (χ4v) is 3.32. The van der Waals surface area contributed by atoms with Gasteiger partial charge in [-0.15, -0.1) is 0 Å². The summed E-state index contributed by atoms with van der Waals surface area (Å²) in [6.45, 7) is 10.0. The Kier molecular flexibility index (Phi) is 7.65. The predicted molar refractivity (Wildman–Crippen MR) is 120 cm³/mol. The number of ether oxygens (including phenoxy) is 2. The standard InChI is InChI=1S/C24H31N3O4/c1-24(2,3)31-23(29)26-21-10-6-9-18(15-21)22(28)25-16-19-7-4-5-8-20(19)17-27-11-13-30-14-12-27/h4-10,15H,11-14,16-17H2,1-3H3,(H,25,28)(H,26,29). The lowest BCUT2D eigenvalue weighted by Gasteiger charge is -2.27. The zero-order valence-corrected chi connectivity index (χ0v) is 18.4. The molecule has 2 aromatic carbocycles. The van der Waals surface area contributed by atoms with Crippen molar-refractivity contribution < 1.29 is 19.1 Å². The molecule has 1 aliphatic rings. The van der Waals surface area contributed by atoms with Gasteiger partial charge in [-0.05, 0) is 50.1 Å². The monoisotopic (exact) mass is 425 g/mol. The van der Waals surface area contributed by atoms with Gasteiger partial charge in [0.25, 0.3) is 5.91 Å². The quantitative estimate of drug-likeness (QED) is 0.736. The second-order valence-corrected chi connectivity index (χ2v) is 8.55. The van der Waals surface area contributed by atoms with E-state index >= 15 is 0 Å². The van der Waals surface area contributed by atoms with Crippen molar-refractivity contribution in [1.82, 2.24) is 10.2 Å². The number of amides is 2. The molecule has 1 saturated heterocycles. The number of hydrogen-bond acceptors (Lipinski definition) is 5. The molecule has 2 amide bonds. The highest BCUT2D eigenvalue weighted by Crippen LogP contribution is 2.16. The average Bonchev–Trinajstić information content (AvgIpc) is 2.72. The fraction of sp³-hybridized carbons (Fsp3) is 0.417. The Labute approximate surface area is 183 Å². The molecule has 1 heterocycles. The first-order chi connectivity index (χ1) is 14.8. The molecular weight excluding hydrogens is 394 g/mol. The van der Waals surface area contributed by atoms with Gasteiger partial charge in [-0.3, -0.25) is 15.0 Å². The minimum atomic E-state index is -0.590. The lowest BCUT2D eigenvalue weighted by molar-refractivity contribution is 0.0340. The Balaban J connectivity index is 1.59.